The summed E-state index contributed by atoms with van der Waals surface area (Å²) in [5.74, 6) is -0.682. The van der Waals surface area contributed by atoms with Crippen molar-refractivity contribution in [3.8, 4) is 0 Å². The first-order chi connectivity index (χ1) is 3.77. The van der Waals surface area contributed by atoms with Crippen molar-refractivity contribution < 1.29 is 9.90 Å². The molecule has 0 spiro atoms. The van der Waals surface area contributed by atoms with Crippen molar-refractivity contribution in [1.29, 1.82) is 0 Å². The molecule has 0 saturated carbocycles. The van der Waals surface area contributed by atoms with Crippen molar-refractivity contribution >= 4 is 29.0 Å². The zero-order chi connectivity index (χ0) is 6.41. The van der Waals surface area contributed by atoms with Gasteiger partial charge in [0.05, 0.1) is 0 Å². The predicted octanol–water partition coefficient (Wildman–Crippen LogP) is 1.27. The van der Waals surface area contributed by atoms with Crippen molar-refractivity contribution in [3.05, 3.63) is 0 Å². The SMILES string of the molecule is CCCCCC(=O)O.[Mg]. The lowest BCUT2D eigenvalue weighted by Crippen LogP contribution is -1.92. The van der Waals surface area contributed by atoms with Crippen molar-refractivity contribution in [1.82, 2.24) is 0 Å². The molecule has 0 rings (SSSR count). The van der Waals surface area contributed by atoms with Crippen LogP contribution < -0.4 is 0 Å². The molecule has 9 heavy (non-hydrogen) atoms. The van der Waals surface area contributed by atoms with E-state index >= 15 is 0 Å². The van der Waals surface area contributed by atoms with E-state index in [2.05, 4.69) is 6.92 Å². The molecule has 0 fully saturated rings. The van der Waals surface area contributed by atoms with Gasteiger partial charge >= 0.3 is 5.97 Å². The van der Waals surface area contributed by atoms with E-state index in [0.717, 1.165) is 19.3 Å². The Kier molecular flexibility index (Phi) is 10.9. The summed E-state index contributed by atoms with van der Waals surface area (Å²) >= 11 is 0. The Morgan fingerprint density at radius 2 is 2.00 bits per heavy atom. The first-order valence-corrected chi connectivity index (χ1v) is 2.99. The Hall–Kier alpha value is 0.236. The molecule has 2 nitrogen and oxygen atoms in total. The smallest absolute Gasteiger partial charge is 0.303 e. The molecule has 1 N–H and O–H groups in total. The lowest BCUT2D eigenvalue weighted by atomic mass is 10.2. The van der Waals surface area contributed by atoms with E-state index in [1.54, 1.807) is 0 Å². The van der Waals surface area contributed by atoms with Gasteiger partial charge in [0.15, 0.2) is 0 Å². The third-order valence-corrected chi connectivity index (χ3v) is 0.994. The molecule has 0 aromatic rings. The van der Waals surface area contributed by atoms with E-state index in [0.29, 0.717) is 6.42 Å². The van der Waals surface area contributed by atoms with Crippen molar-refractivity contribution in [2.75, 3.05) is 0 Å². The van der Waals surface area contributed by atoms with Crippen LogP contribution in [0.2, 0.25) is 0 Å². The normalized spacial score (nSPS) is 8.11. The van der Waals surface area contributed by atoms with Crippen LogP contribution in [0.25, 0.3) is 0 Å². The van der Waals surface area contributed by atoms with Crippen LogP contribution in [-0.4, -0.2) is 34.1 Å². The highest BCUT2D eigenvalue weighted by Crippen LogP contribution is 1.97. The zero-order valence-electron chi connectivity index (χ0n) is 5.89. The predicted molar refractivity (Wildman–Crippen MR) is 37.5 cm³/mol. The molecule has 3 heteroatoms. The number of hydrogen-bond acceptors (Lipinski definition) is 1. The molecule has 50 valence electrons. The minimum atomic E-state index is -0.682. The van der Waals surface area contributed by atoms with Gasteiger partial charge in [0.2, 0.25) is 0 Å². The Balaban J connectivity index is 0. The van der Waals surface area contributed by atoms with Gasteiger partial charge in [-0.05, 0) is 6.42 Å². The number of hydrogen-bond donors (Lipinski definition) is 1. The monoisotopic (exact) mass is 140 g/mol. The van der Waals surface area contributed by atoms with Gasteiger partial charge in [0.25, 0.3) is 0 Å². The van der Waals surface area contributed by atoms with Crippen LogP contribution in [-0.2, 0) is 4.79 Å². The molecule has 0 aliphatic heterocycles. The van der Waals surface area contributed by atoms with E-state index in [4.69, 9.17) is 5.11 Å². The average molecular weight is 140 g/mol. The number of carboxylic acids is 1. The Labute approximate surface area is 71.8 Å². The Morgan fingerprint density at radius 3 is 2.33 bits per heavy atom. The van der Waals surface area contributed by atoms with Gasteiger partial charge < -0.3 is 5.11 Å². The third-order valence-electron chi connectivity index (χ3n) is 0.994. The minimum absolute atomic E-state index is 0. The molecule has 0 amide bonds. The first-order valence-electron chi connectivity index (χ1n) is 2.99. The largest absolute Gasteiger partial charge is 0.481 e. The summed E-state index contributed by atoms with van der Waals surface area (Å²) in [6.07, 6.45) is 3.28. The fourth-order valence-electron chi connectivity index (χ4n) is 0.526. The summed E-state index contributed by atoms with van der Waals surface area (Å²) < 4.78 is 0. The van der Waals surface area contributed by atoms with Crippen LogP contribution in [0.15, 0.2) is 0 Å². The molecular weight excluding hydrogens is 128 g/mol. The maximum absolute atomic E-state index is 9.87. The summed E-state index contributed by atoms with van der Waals surface area (Å²) in [5.41, 5.74) is 0. The van der Waals surface area contributed by atoms with Gasteiger partial charge in [-0.2, -0.15) is 0 Å². The lowest BCUT2D eigenvalue weighted by Gasteiger charge is -1.89. The molecule has 0 saturated heterocycles. The lowest BCUT2D eigenvalue weighted by molar-refractivity contribution is -0.137. The Morgan fingerprint density at radius 1 is 1.44 bits per heavy atom. The highest BCUT2D eigenvalue weighted by atomic mass is 24.3. The molecule has 2 radical (unpaired) electrons. The standard InChI is InChI=1S/C6H12O2.Mg/c1-2-3-4-5-6(7)8;/h2-5H2,1H3,(H,7,8);. The molecule has 0 heterocycles. The second kappa shape index (κ2) is 8.24. The van der Waals surface area contributed by atoms with Gasteiger partial charge in [-0.3, -0.25) is 4.79 Å². The van der Waals surface area contributed by atoms with E-state index < -0.39 is 5.97 Å². The zero-order valence-corrected chi connectivity index (χ0v) is 7.31. The van der Waals surface area contributed by atoms with Gasteiger partial charge in [0, 0.05) is 29.5 Å². The highest BCUT2D eigenvalue weighted by molar-refractivity contribution is 5.75. The van der Waals surface area contributed by atoms with Crippen LogP contribution >= 0.6 is 0 Å². The summed E-state index contributed by atoms with van der Waals surface area (Å²) in [6.45, 7) is 2.06. The van der Waals surface area contributed by atoms with Crippen molar-refractivity contribution in [2.24, 2.45) is 0 Å². The van der Waals surface area contributed by atoms with E-state index in [-0.39, 0.29) is 23.1 Å². The molecule has 0 aliphatic carbocycles. The second-order valence-corrected chi connectivity index (χ2v) is 1.85. The number of unbranched alkanes of at least 4 members (excludes halogenated alkanes) is 2. The number of carboxylic acid groups (broad SMARTS) is 1. The first kappa shape index (κ1) is 12.0. The summed E-state index contributed by atoms with van der Waals surface area (Å²) in [6, 6.07) is 0. The molecule has 0 bridgehead atoms. The van der Waals surface area contributed by atoms with Gasteiger partial charge in [-0.15, -0.1) is 0 Å². The maximum Gasteiger partial charge on any atom is 0.303 e. The third kappa shape index (κ3) is 11.7. The van der Waals surface area contributed by atoms with Gasteiger partial charge in [-0.1, -0.05) is 19.8 Å². The summed E-state index contributed by atoms with van der Waals surface area (Å²) in [4.78, 5) is 9.87. The summed E-state index contributed by atoms with van der Waals surface area (Å²) in [7, 11) is 0. The van der Waals surface area contributed by atoms with Crippen LogP contribution in [0.4, 0.5) is 0 Å². The topological polar surface area (TPSA) is 37.3 Å². The molecular formula is C6H12MgO2. The van der Waals surface area contributed by atoms with Crippen LogP contribution in [0.1, 0.15) is 32.6 Å². The molecule has 0 aliphatic rings. The molecule has 0 aromatic heterocycles. The molecule has 0 aromatic carbocycles. The highest BCUT2D eigenvalue weighted by Gasteiger charge is 1.92. The quantitative estimate of drug-likeness (QED) is 0.472. The van der Waals surface area contributed by atoms with Crippen LogP contribution in [0.5, 0.6) is 0 Å². The van der Waals surface area contributed by atoms with Crippen molar-refractivity contribution in [2.45, 2.75) is 32.6 Å². The number of rotatable bonds is 4. The number of aliphatic carboxylic acids is 1. The van der Waals surface area contributed by atoms with E-state index in [1.807, 2.05) is 0 Å². The van der Waals surface area contributed by atoms with Gasteiger partial charge in [-0.25, -0.2) is 0 Å². The van der Waals surface area contributed by atoms with E-state index in [1.165, 1.54) is 0 Å². The van der Waals surface area contributed by atoms with Crippen LogP contribution in [0, 0.1) is 0 Å². The average Bonchev–Trinajstić information content (AvgIpc) is 1.66. The molecule has 0 atom stereocenters. The number of carbonyl (C=O) groups is 1. The minimum Gasteiger partial charge on any atom is -0.481 e. The molecule has 0 unspecified atom stereocenters. The maximum atomic E-state index is 9.87. The van der Waals surface area contributed by atoms with Crippen molar-refractivity contribution in [3.63, 3.8) is 0 Å². The Bertz CT molecular complexity index is 73.5. The summed E-state index contributed by atoms with van der Waals surface area (Å²) in [5, 5.41) is 8.14. The van der Waals surface area contributed by atoms with E-state index in [9.17, 15) is 4.79 Å². The fraction of sp³-hybridized carbons (Fsp3) is 0.833. The van der Waals surface area contributed by atoms with Crippen LogP contribution in [0.3, 0.4) is 0 Å². The van der Waals surface area contributed by atoms with Gasteiger partial charge in [0.1, 0.15) is 0 Å². The second-order valence-electron chi connectivity index (χ2n) is 1.85. The fourth-order valence-corrected chi connectivity index (χ4v) is 0.526.